The van der Waals surface area contributed by atoms with E-state index in [1.165, 1.54) is 32.1 Å². The molecule has 2 fully saturated rings. The topological polar surface area (TPSA) is 49.4 Å². The first kappa shape index (κ1) is 19.6. The summed E-state index contributed by atoms with van der Waals surface area (Å²) in [5, 5.41) is 3.09. The summed E-state index contributed by atoms with van der Waals surface area (Å²) in [6.07, 6.45) is 10.1. The zero-order valence-electron chi connectivity index (χ0n) is 15.3. The molecule has 0 aromatic carbocycles. The largest absolute Gasteiger partial charge is 0.353 e. The fourth-order valence-electron chi connectivity index (χ4n) is 3.68. The molecule has 0 unspecified atom stereocenters. The van der Waals surface area contributed by atoms with Gasteiger partial charge in [0.2, 0.25) is 11.8 Å². The second-order valence-electron chi connectivity index (χ2n) is 8.19. The number of rotatable bonds is 6. The van der Waals surface area contributed by atoms with Crippen LogP contribution in [0.25, 0.3) is 0 Å². The fourth-order valence-corrected chi connectivity index (χ4v) is 3.80. The maximum absolute atomic E-state index is 12.4. The molecule has 1 N–H and O–H groups in total. The van der Waals surface area contributed by atoms with E-state index in [9.17, 15) is 9.59 Å². The van der Waals surface area contributed by atoms with Crippen LogP contribution in [0.1, 0.15) is 71.6 Å². The minimum absolute atomic E-state index is 0.0135. The van der Waals surface area contributed by atoms with Gasteiger partial charge in [-0.1, -0.05) is 32.1 Å². The molecular formula is C19H33ClN2O2. The number of halogens is 1. The van der Waals surface area contributed by atoms with E-state index in [1.54, 1.807) is 0 Å². The van der Waals surface area contributed by atoms with Crippen molar-refractivity contribution < 1.29 is 9.59 Å². The monoisotopic (exact) mass is 356 g/mol. The van der Waals surface area contributed by atoms with Gasteiger partial charge < -0.3 is 10.2 Å². The van der Waals surface area contributed by atoms with Crippen LogP contribution in [0.5, 0.6) is 0 Å². The lowest BCUT2D eigenvalue weighted by atomic mass is 9.86. The normalized spacial score (nSPS) is 20.9. The SMILES string of the molecule is CC(C)(CCl)C(=O)NC1CCN(C(=O)CCC2CCCCC2)CC1. The molecule has 1 saturated heterocycles. The van der Waals surface area contributed by atoms with Gasteiger partial charge in [0.1, 0.15) is 0 Å². The molecule has 5 heteroatoms. The Morgan fingerprint density at radius 3 is 2.29 bits per heavy atom. The molecule has 1 aliphatic carbocycles. The highest BCUT2D eigenvalue weighted by Crippen LogP contribution is 2.27. The first-order chi connectivity index (χ1) is 11.4. The van der Waals surface area contributed by atoms with Crippen molar-refractivity contribution >= 4 is 23.4 Å². The van der Waals surface area contributed by atoms with Crippen LogP contribution in [0.4, 0.5) is 0 Å². The number of carbonyl (C=O) groups excluding carboxylic acids is 2. The van der Waals surface area contributed by atoms with Crippen molar-refractivity contribution in [1.29, 1.82) is 0 Å². The van der Waals surface area contributed by atoms with E-state index < -0.39 is 5.41 Å². The molecule has 1 saturated carbocycles. The molecule has 4 nitrogen and oxygen atoms in total. The molecule has 1 heterocycles. The number of alkyl halides is 1. The fraction of sp³-hybridized carbons (Fsp3) is 0.895. The number of hydrogen-bond donors (Lipinski definition) is 1. The molecule has 0 radical (unpaired) electrons. The summed E-state index contributed by atoms with van der Waals surface area (Å²) in [5.41, 5.74) is -0.533. The molecule has 2 aliphatic rings. The lowest BCUT2D eigenvalue weighted by Crippen LogP contribution is -2.49. The number of piperidine rings is 1. The zero-order valence-corrected chi connectivity index (χ0v) is 16.0. The molecule has 1 aliphatic heterocycles. The van der Waals surface area contributed by atoms with Gasteiger partial charge in [0.15, 0.2) is 0 Å². The molecule has 0 atom stereocenters. The average molecular weight is 357 g/mol. The van der Waals surface area contributed by atoms with Crippen LogP contribution >= 0.6 is 11.6 Å². The highest BCUT2D eigenvalue weighted by molar-refractivity contribution is 6.19. The lowest BCUT2D eigenvalue weighted by Gasteiger charge is -2.34. The Morgan fingerprint density at radius 2 is 1.71 bits per heavy atom. The maximum Gasteiger partial charge on any atom is 0.227 e. The van der Waals surface area contributed by atoms with Gasteiger partial charge in [0, 0.05) is 31.4 Å². The van der Waals surface area contributed by atoms with Crippen LogP contribution in [-0.4, -0.2) is 41.7 Å². The Hall–Kier alpha value is -0.770. The van der Waals surface area contributed by atoms with E-state index >= 15 is 0 Å². The van der Waals surface area contributed by atoms with Crippen LogP contribution in [-0.2, 0) is 9.59 Å². The smallest absolute Gasteiger partial charge is 0.227 e. The molecular weight excluding hydrogens is 324 g/mol. The van der Waals surface area contributed by atoms with E-state index in [-0.39, 0.29) is 11.9 Å². The number of nitrogens with one attached hydrogen (secondary N) is 1. The van der Waals surface area contributed by atoms with Crippen molar-refractivity contribution in [1.82, 2.24) is 10.2 Å². The minimum atomic E-state index is -0.533. The molecule has 2 amide bonds. The van der Waals surface area contributed by atoms with Gasteiger partial charge >= 0.3 is 0 Å². The summed E-state index contributed by atoms with van der Waals surface area (Å²) in [4.78, 5) is 26.6. The quantitative estimate of drug-likeness (QED) is 0.737. The number of amides is 2. The average Bonchev–Trinajstić information content (AvgIpc) is 2.61. The van der Waals surface area contributed by atoms with Crippen molar-refractivity contribution in [3.05, 3.63) is 0 Å². The second-order valence-corrected chi connectivity index (χ2v) is 8.46. The Kier molecular flexibility index (Phi) is 7.39. The molecule has 24 heavy (non-hydrogen) atoms. The third kappa shape index (κ3) is 5.65. The number of carbonyl (C=O) groups is 2. The van der Waals surface area contributed by atoms with Gasteiger partial charge in [0.25, 0.3) is 0 Å². The Morgan fingerprint density at radius 1 is 1.08 bits per heavy atom. The second kappa shape index (κ2) is 9.07. The first-order valence-corrected chi connectivity index (χ1v) is 10.1. The van der Waals surface area contributed by atoms with Gasteiger partial charge in [-0.25, -0.2) is 0 Å². The summed E-state index contributed by atoms with van der Waals surface area (Å²) in [6, 6.07) is 0.169. The highest BCUT2D eigenvalue weighted by atomic mass is 35.5. The Labute approximate surface area is 151 Å². The summed E-state index contributed by atoms with van der Waals surface area (Å²) in [5.74, 6) is 1.39. The van der Waals surface area contributed by atoms with Gasteiger partial charge in [-0.2, -0.15) is 0 Å². The van der Waals surface area contributed by atoms with Crippen molar-refractivity contribution in [3.8, 4) is 0 Å². The summed E-state index contributed by atoms with van der Waals surface area (Å²) >= 11 is 5.86. The molecule has 138 valence electrons. The van der Waals surface area contributed by atoms with E-state index in [2.05, 4.69) is 5.32 Å². The number of hydrogen-bond acceptors (Lipinski definition) is 2. The third-order valence-electron chi connectivity index (χ3n) is 5.62. The first-order valence-electron chi connectivity index (χ1n) is 9.57. The number of likely N-dealkylation sites (tertiary alicyclic amines) is 1. The minimum Gasteiger partial charge on any atom is -0.353 e. The van der Waals surface area contributed by atoms with Crippen LogP contribution < -0.4 is 5.32 Å². The highest BCUT2D eigenvalue weighted by Gasteiger charge is 2.30. The van der Waals surface area contributed by atoms with Crippen LogP contribution in [0.2, 0.25) is 0 Å². The van der Waals surface area contributed by atoms with Crippen LogP contribution in [0.3, 0.4) is 0 Å². The van der Waals surface area contributed by atoms with Crippen molar-refractivity contribution in [2.45, 2.75) is 77.7 Å². The Bertz CT molecular complexity index is 425. The van der Waals surface area contributed by atoms with E-state index in [0.29, 0.717) is 18.2 Å². The van der Waals surface area contributed by atoms with Crippen molar-refractivity contribution in [3.63, 3.8) is 0 Å². The number of nitrogens with zero attached hydrogens (tertiary/aromatic N) is 1. The predicted molar refractivity (Wildman–Crippen MR) is 98.1 cm³/mol. The summed E-state index contributed by atoms with van der Waals surface area (Å²) in [6.45, 7) is 5.24. The molecule has 0 aromatic heterocycles. The Balaban J connectivity index is 1.68. The van der Waals surface area contributed by atoms with Crippen molar-refractivity contribution in [2.24, 2.45) is 11.3 Å². The lowest BCUT2D eigenvalue weighted by molar-refractivity contribution is -0.133. The van der Waals surface area contributed by atoms with E-state index in [1.807, 2.05) is 18.7 Å². The van der Waals surface area contributed by atoms with Gasteiger partial charge in [-0.3, -0.25) is 9.59 Å². The van der Waals surface area contributed by atoms with E-state index in [0.717, 1.165) is 38.3 Å². The van der Waals surface area contributed by atoms with Crippen LogP contribution in [0, 0.1) is 11.3 Å². The molecule has 0 bridgehead atoms. The predicted octanol–water partition coefficient (Wildman–Crippen LogP) is 3.72. The third-order valence-corrected chi connectivity index (χ3v) is 6.29. The van der Waals surface area contributed by atoms with E-state index in [4.69, 9.17) is 11.6 Å². The molecule has 0 spiro atoms. The summed E-state index contributed by atoms with van der Waals surface area (Å²) < 4.78 is 0. The van der Waals surface area contributed by atoms with Crippen LogP contribution in [0.15, 0.2) is 0 Å². The van der Waals surface area contributed by atoms with Crippen molar-refractivity contribution in [2.75, 3.05) is 19.0 Å². The van der Waals surface area contributed by atoms with Gasteiger partial charge in [0.05, 0.1) is 5.41 Å². The standard InChI is InChI=1S/C19H33ClN2O2/c1-19(2,14-20)18(24)21-16-10-12-22(13-11-16)17(23)9-8-15-6-4-3-5-7-15/h15-16H,3-14H2,1-2H3,(H,21,24). The summed E-state index contributed by atoms with van der Waals surface area (Å²) in [7, 11) is 0. The zero-order chi connectivity index (χ0) is 17.6. The molecule has 0 aromatic rings. The van der Waals surface area contributed by atoms with Gasteiger partial charge in [-0.15, -0.1) is 11.6 Å². The molecule has 2 rings (SSSR count). The maximum atomic E-state index is 12.4. The van der Waals surface area contributed by atoms with Gasteiger partial charge in [-0.05, 0) is 39.0 Å².